The highest BCUT2D eigenvalue weighted by molar-refractivity contribution is 7.14. The minimum atomic E-state index is -0.532. The van der Waals surface area contributed by atoms with Gasteiger partial charge in [0.2, 0.25) is 5.91 Å². The van der Waals surface area contributed by atoms with E-state index in [0.29, 0.717) is 22.1 Å². The van der Waals surface area contributed by atoms with Crippen LogP contribution in [0.25, 0.3) is 11.3 Å². The second kappa shape index (κ2) is 7.67. The van der Waals surface area contributed by atoms with Crippen molar-refractivity contribution in [3.8, 4) is 11.3 Å². The van der Waals surface area contributed by atoms with Gasteiger partial charge in [0.25, 0.3) is 0 Å². The van der Waals surface area contributed by atoms with E-state index in [2.05, 4.69) is 20.0 Å². The second-order valence-corrected chi connectivity index (χ2v) is 6.52. The molecule has 0 radical (unpaired) electrons. The van der Waals surface area contributed by atoms with Crippen molar-refractivity contribution in [3.63, 3.8) is 0 Å². The summed E-state index contributed by atoms with van der Waals surface area (Å²) < 4.78 is 18.4. The molecule has 0 aliphatic heterocycles. The number of thiazole rings is 1. The van der Waals surface area contributed by atoms with Gasteiger partial charge in [0.05, 0.1) is 19.2 Å². The highest BCUT2D eigenvalue weighted by atomic mass is 35.5. The Kier molecular flexibility index (Phi) is 5.34. The van der Waals surface area contributed by atoms with Gasteiger partial charge in [-0.2, -0.15) is 0 Å². The van der Waals surface area contributed by atoms with Gasteiger partial charge >= 0.3 is 5.97 Å². The number of hydrogen-bond donors (Lipinski definition) is 2. The van der Waals surface area contributed by atoms with E-state index >= 15 is 0 Å². The molecule has 9 heteroatoms. The van der Waals surface area contributed by atoms with E-state index in [1.165, 1.54) is 36.6 Å². The monoisotopic (exact) mass is 393 g/mol. The molecule has 3 rings (SSSR count). The van der Waals surface area contributed by atoms with Crippen LogP contribution < -0.4 is 5.32 Å². The number of nitrogens with one attached hydrogen (secondary N) is 2. The Morgan fingerprint density at radius 3 is 2.96 bits per heavy atom. The quantitative estimate of drug-likeness (QED) is 0.644. The first-order chi connectivity index (χ1) is 12.5. The molecule has 2 N–H and O–H groups in total. The summed E-state index contributed by atoms with van der Waals surface area (Å²) in [7, 11) is 1.29. The molecule has 6 nitrogen and oxygen atoms in total. The van der Waals surface area contributed by atoms with Crippen LogP contribution in [-0.4, -0.2) is 29.0 Å². The summed E-state index contributed by atoms with van der Waals surface area (Å²) in [5, 5.41) is 4.91. The minimum absolute atomic E-state index is 0.136. The largest absolute Gasteiger partial charge is 0.464 e. The highest BCUT2D eigenvalue weighted by Crippen LogP contribution is 2.26. The van der Waals surface area contributed by atoms with Crippen molar-refractivity contribution in [2.45, 2.75) is 6.42 Å². The standard InChI is InChI=1S/C17H13ClFN3O3S/c1-25-16(24)13-5-9(7-20-13)14-8-26-17(21-14)22-15(23)6-10-11(18)3-2-4-12(10)19/h2-5,7-8,20H,6H2,1H3,(H,21,22,23). The van der Waals surface area contributed by atoms with Crippen molar-refractivity contribution >= 4 is 39.9 Å². The number of H-pyrrole nitrogens is 1. The van der Waals surface area contributed by atoms with E-state index in [1.54, 1.807) is 17.6 Å². The summed E-state index contributed by atoms with van der Waals surface area (Å²) in [6.45, 7) is 0. The number of aromatic amines is 1. The third-order valence-corrected chi connectivity index (χ3v) is 4.65. The SMILES string of the molecule is COC(=O)c1cc(-c2csc(NC(=O)Cc3c(F)cccc3Cl)n2)c[nH]1. The number of ether oxygens (including phenoxy) is 1. The number of carbonyl (C=O) groups is 2. The molecule has 26 heavy (non-hydrogen) atoms. The Bertz CT molecular complexity index is 950. The van der Waals surface area contributed by atoms with Gasteiger partial charge in [-0.15, -0.1) is 11.3 Å². The molecule has 1 aromatic carbocycles. The number of esters is 1. The van der Waals surface area contributed by atoms with E-state index in [1.807, 2.05) is 0 Å². The van der Waals surface area contributed by atoms with Gasteiger partial charge in [0.1, 0.15) is 11.5 Å². The Morgan fingerprint density at radius 2 is 2.23 bits per heavy atom. The molecule has 0 aliphatic rings. The predicted octanol–water partition coefficient (Wildman–Crippen LogP) is 3.90. The molecule has 3 aromatic rings. The van der Waals surface area contributed by atoms with Gasteiger partial charge < -0.3 is 15.0 Å². The molecule has 0 saturated heterocycles. The maximum atomic E-state index is 13.8. The average Bonchev–Trinajstić information content (AvgIpc) is 3.27. The molecule has 0 aliphatic carbocycles. The molecule has 2 aromatic heterocycles. The summed E-state index contributed by atoms with van der Waals surface area (Å²) >= 11 is 7.14. The van der Waals surface area contributed by atoms with Crippen LogP contribution in [0.4, 0.5) is 9.52 Å². The summed E-state index contributed by atoms with van der Waals surface area (Å²) in [5.41, 5.74) is 1.70. The fourth-order valence-electron chi connectivity index (χ4n) is 2.26. The lowest BCUT2D eigenvalue weighted by Crippen LogP contribution is -2.15. The van der Waals surface area contributed by atoms with E-state index in [-0.39, 0.29) is 17.0 Å². The van der Waals surface area contributed by atoms with Gasteiger partial charge in [-0.1, -0.05) is 17.7 Å². The van der Waals surface area contributed by atoms with Crippen LogP contribution in [0.5, 0.6) is 0 Å². The zero-order valence-electron chi connectivity index (χ0n) is 13.5. The Labute approximate surface area is 157 Å². The summed E-state index contributed by atoms with van der Waals surface area (Å²) in [6, 6.07) is 5.86. The van der Waals surface area contributed by atoms with E-state index in [0.717, 1.165) is 0 Å². The van der Waals surface area contributed by atoms with Gasteiger partial charge in [0, 0.05) is 27.7 Å². The molecule has 0 unspecified atom stereocenters. The summed E-state index contributed by atoms with van der Waals surface area (Å²) in [5.74, 6) is -1.45. The van der Waals surface area contributed by atoms with Crippen molar-refractivity contribution in [3.05, 3.63) is 57.9 Å². The topological polar surface area (TPSA) is 84.1 Å². The molecule has 1 amide bonds. The number of halogens is 2. The number of hydrogen-bond acceptors (Lipinski definition) is 5. The van der Waals surface area contributed by atoms with Crippen LogP contribution >= 0.6 is 22.9 Å². The Balaban J connectivity index is 1.69. The number of carbonyl (C=O) groups excluding carboxylic acids is 2. The lowest BCUT2D eigenvalue weighted by atomic mass is 10.1. The van der Waals surface area contributed by atoms with E-state index in [9.17, 15) is 14.0 Å². The fourth-order valence-corrected chi connectivity index (χ4v) is 3.22. The van der Waals surface area contributed by atoms with Crippen LogP contribution in [0.1, 0.15) is 16.1 Å². The number of anilines is 1. The van der Waals surface area contributed by atoms with E-state index in [4.69, 9.17) is 11.6 Å². The van der Waals surface area contributed by atoms with E-state index < -0.39 is 17.7 Å². The number of nitrogens with zero attached hydrogens (tertiary/aromatic N) is 1. The van der Waals surface area contributed by atoms with Crippen molar-refractivity contribution in [1.82, 2.24) is 9.97 Å². The number of aromatic nitrogens is 2. The van der Waals surface area contributed by atoms with Crippen molar-refractivity contribution in [2.75, 3.05) is 12.4 Å². The molecule has 0 atom stereocenters. The normalized spacial score (nSPS) is 10.6. The number of methoxy groups -OCH3 is 1. The first-order valence-electron chi connectivity index (χ1n) is 7.43. The first kappa shape index (κ1) is 18.1. The van der Waals surface area contributed by atoms with Crippen molar-refractivity contribution in [2.24, 2.45) is 0 Å². The molecule has 2 heterocycles. The maximum absolute atomic E-state index is 13.8. The molecule has 134 valence electrons. The average molecular weight is 394 g/mol. The lowest BCUT2D eigenvalue weighted by Gasteiger charge is -2.05. The van der Waals surface area contributed by atoms with Crippen LogP contribution in [-0.2, 0) is 16.0 Å². The first-order valence-corrected chi connectivity index (χ1v) is 8.69. The van der Waals surface area contributed by atoms with Crippen molar-refractivity contribution < 1.29 is 18.7 Å². The Hall–Kier alpha value is -2.71. The number of benzene rings is 1. The van der Waals surface area contributed by atoms with Crippen LogP contribution in [0.2, 0.25) is 5.02 Å². The third-order valence-electron chi connectivity index (χ3n) is 3.53. The minimum Gasteiger partial charge on any atom is -0.464 e. The molecule has 0 saturated carbocycles. The van der Waals surface area contributed by atoms with Gasteiger partial charge in [0.15, 0.2) is 5.13 Å². The van der Waals surface area contributed by atoms with Gasteiger partial charge in [-0.05, 0) is 18.2 Å². The smallest absolute Gasteiger partial charge is 0.354 e. The van der Waals surface area contributed by atoms with Gasteiger partial charge in [-0.3, -0.25) is 4.79 Å². The molecular weight excluding hydrogens is 381 g/mol. The molecule has 0 fully saturated rings. The predicted molar refractivity (Wildman–Crippen MR) is 97.0 cm³/mol. The highest BCUT2D eigenvalue weighted by Gasteiger charge is 2.15. The number of amides is 1. The zero-order chi connectivity index (χ0) is 18.7. The second-order valence-electron chi connectivity index (χ2n) is 5.26. The maximum Gasteiger partial charge on any atom is 0.354 e. The third kappa shape index (κ3) is 3.92. The molecular formula is C17H13ClFN3O3S. The van der Waals surface area contributed by atoms with Crippen LogP contribution in [0.3, 0.4) is 0 Å². The molecule has 0 bridgehead atoms. The summed E-state index contributed by atoms with van der Waals surface area (Å²) in [6.07, 6.45) is 1.42. The van der Waals surface area contributed by atoms with Crippen molar-refractivity contribution in [1.29, 1.82) is 0 Å². The number of rotatable bonds is 5. The van der Waals surface area contributed by atoms with Gasteiger partial charge in [-0.25, -0.2) is 14.2 Å². The summed E-state index contributed by atoms with van der Waals surface area (Å²) in [4.78, 5) is 30.7. The zero-order valence-corrected chi connectivity index (χ0v) is 15.1. The molecule has 0 spiro atoms. The van der Waals surface area contributed by atoms with Crippen LogP contribution in [0.15, 0.2) is 35.8 Å². The van der Waals surface area contributed by atoms with Crippen LogP contribution in [0, 0.1) is 5.82 Å². The lowest BCUT2D eigenvalue weighted by molar-refractivity contribution is -0.115. The Morgan fingerprint density at radius 1 is 1.42 bits per heavy atom. The fraction of sp³-hybridized carbons (Fsp3) is 0.118.